The van der Waals surface area contributed by atoms with Gasteiger partial charge < -0.3 is 0 Å². The monoisotopic (exact) mass is 275 g/mol. The first-order chi connectivity index (χ1) is 10.2. The summed E-state index contributed by atoms with van der Waals surface area (Å²) in [5, 5.41) is 0. The first kappa shape index (κ1) is 13.8. The molecule has 0 saturated heterocycles. The van der Waals surface area contributed by atoms with Crippen molar-refractivity contribution in [1.29, 1.82) is 0 Å². The Balaban J connectivity index is 1.72. The van der Waals surface area contributed by atoms with Crippen LogP contribution in [0.3, 0.4) is 0 Å². The summed E-state index contributed by atoms with van der Waals surface area (Å²) < 4.78 is 0. The summed E-state index contributed by atoms with van der Waals surface area (Å²) >= 11 is 0. The SMILES string of the molecule is C=C1CN=C(Cc2ccc(-c3ccccc3)cc2)CC1C. The lowest BCUT2D eigenvalue weighted by molar-refractivity contribution is 0.671. The van der Waals surface area contributed by atoms with Crippen LogP contribution in [-0.2, 0) is 6.42 Å². The number of nitrogens with zero attached hydrogens (tertiary/aromatic N) is 1. The quantitative estimate of drug-likeness (QED) is 0.704. The molecule has 0 radical (unpaired) electrons. The number of hydrogen-bond acceptors (Lipinski definition) is 1. The third-order valence-electron chi connectivity index (χ3n) is 4.21. The summed E-state index contributed by atoms with van der Waals surface area (Å²) in [6, 6.07) is 19.3. The lowest BCUT2D eigenvalue weighted by Gasteiger charge is -2.20. The van der Waals surface area contributed by atoms with Gasteiger partial charge in [-0.25, -0.2) is 0 Å². The Morgan fingerprint density at radius 2 is 1.67 bits per heavy atom. The largest absolute Gasteiger partial charge is 0.289 e. The van der Waals surface area contributed by atoms with E-state index in [1.54, 1.807) is 0 Å². The van der Waals surface area contributed by atoms with Crippen LogP contribution < -0.4 is 0 Å². The zero-order valence-electron chi connectivity index (χ0n) is 12.5. The predicted octanol–water partition coefficient (Wildman–Crippen LogP) is 4.93. The Bertz CT molecular complexity index is 650. The van der Waals surface area contributed by atoms with Crippen LogP contribution in [0.15, 0.2) is 71.7 Å². The van der Waals surface area contributed by atoms with Crippen LogP contribution in [0.4, 0.5) is 0 Å². The minimum atomic E-state index is 0.570. The molecule has 1 aliphatic rings. The first-order valence-corrected chi connectivity index (χ1v) is 7.56. The molecule has 3 rings (SSSR count). The molecule has 21 heavy (non-hydrogen) atoms. The second-order valence-corrected chi connectivity index (χ2v) is 5.89. The van der Waals surface area contributed by atoms with E-state index in [2.05, 4.69) is 67.0 Å². The number of benzene rings is 2. The van der Waals surface area contributed by atoms with Gasteiger partial charge in [-0.3, -0.25) is 4.99 Å². The fourth-order valence-electron chi connectivity index (χ4n) is 2.74. The molecule has 0 aliphatic carbocycles. The van der Waals surface area contributed by atoms with E-state index in [0.29, 0.717) is 5.92 Å². The first-order valence-electron chi connectivity index (χ1n) is 7.56. The number of aliphatic imine (C=N–C) groups is 1. The maximum absolute atomic E-state index is 4.65. The second kappa shape index (κ2) is 6.09. The Morgan fingerprint density at radius 1 is 1.00 bits per heavy atom. The average Bonchev–Trinajstić information content (AvgIpc) is 2.53. The fraction of sp³-hybridized carbons (Fsp3) is 0.250. The summed E-state index contributed by atoms with van der Waals surface area (Å²) in [6.45, 7) is 7.12. The van der Waals surface area contributed by atoms with E-state index in [0.717, 1.165) is 19.4 Å². The molecule has 0 bridgehead atoms. The van der Waals surface area contributed by atoms with Gasteiger partial charge in [0, 0.05) is 12.1 Å². The van der Waals surface area contributed by atoms with Crippen molar-refractivity contribution in [2.75, 3.05) is 6.54 Å². The zero-order chi connectivity index (χ0) is 14.7. The third-order valence-corrected chi connectivity index (χ3v) is 4.21. The zero-order valence-corrected chi connectivity index (χ0v) is 12.5. The standard InChI is InChI=1S/C20H21N/c1-15-12-20(21-14-16(15)2)13-17-8-10-19(11-9-17)18-6-4-3-5-7-18/h3-11,15H,2,12-14H2,1H3. The molecule has 0 amide bonds. The molecule has 1 nitrogen and oxygen atoms in total. The molecular weight excluding hydrogens is 254 g/mol. The van der Waals surface area contributed by atoms with Gasteiger partial charge in [-0.15, -0.1) is 0 Å². The van der Waals surface area contributed by atoms with Crippen LogP contribution in [0.25, 0.3) is 11.1 Å². The van der Waals surface area contributed by atoms with Crippen LogP contribution in [-0.4, -0.2) is 12.3 Å². The van der Waals surface area contributed by atoms with E-state index in [1.807, 2.05) is 6.07 Å². The average molecular weight is 275 g/mol. The highest BCUT2D eigenvalue weighted by atomic mass is 14.8. The van der Waals surface area contributed by atoms with E-state index in [9.17, 15) is 0 Å². The van der Waals surface area contributed by atoms with E-state index in [1.165, 1.54) is 28.0 Å². The van der Waals surface area contributed by atoms with Gasteiger partial charge in [-0.1, -0.05) is 73.7 Å². The van der Waals surface area contributed by atoms with Gasteiger partial charge in [0.1, 0.15) is 0 Å². The molecule has 1 atom stereocenters. The van der Waals surface area contributed by atoms with Crippen molar-refractivity contribution in [2.45, 2.75) is 19.8 Å². The molecule has 1 heterocycles. The van der Waals surface area contributed by atoms with Gasteiger partial charge in [-0.05, 0) is 29.0 Å². The predicted molar refractivity (Wildman–Crippen MR) is 90.8 cm³/mol. The summed E-state index contributed by atoms with van der Waals surface area (Å²) in [5.41, 5.74) is 6.45. The highest BCUT2D eigenvalue weighted by Crippen LogP contribution is 2.23. The van der Waals surface area contributed by atoms with Crippen molar-refractivity contribution in [3.63, 3.8) is 0 Å². The van der Waals surface area contributed by atoms with Gasteiger partial charge in [0.2, 0.25) is 0 Å². The molecule has 106 valence electrons. The summed E-state index contributed by atoms with van der Waals surface area (Å²) in [4.78, 5) is 4.65. The molecular formula is C20H21N. The maximum atomic E-state index is 4.65. The number of hydrogen-bond donors (Lipinski definition) is 0. The van der Waals surface area contributed by atoms with E-state index >= 15 is 0 Å². The summed E-state index contributed by atoms with van der Waals surface area (Å²) in [6.07, 6.45) is 2.02. The van der Waals surface area contributed by atoms with Crippen molar-refractivity contribution in [2.24, 2.45) is 10.9 Å². The highest BCUT2D eigenvalue weighted by Gasteiger charge is 2.15. The van der Waals surface area contributed by atoms with Crippen LogP contribution in [0.1, 0.15) is 18.9 Å². The highest BCUT2D eigenvalue weighted by molar-refractivity contribution is 5.88. The van der Waals surface area contributed by atoms with Crippen molar-refractivity contribution < 1.29 is 0 Å². The second-order valence-electron chi connectivity index (χ2n) is 5.89. The van der Waals surface area contributed by atoms with E-state index in [-0.39, 0.29) is 0 Å². The molecule has 0 saturated carbocycles. The third kappa shape index (κ3) is 3.30. The Hall–Kier alpha value is -2.15. The van der Waals surface area contributed by atoms with Gasteiger partial charge in [0.15, 0.2) is 0 Å². The minimum Gasteiger partial charge on any atom is -0.289 e. The molecule has 0 spiro atoms. The molecule has 2 aromatic rings. The normalized spacial score (nSPS) is 18.4. The Kier molecular flexibility index (Phi) is 4.01. The van der Waals surface area contributed by atoms with E-state index < -0.39 is 0 Å². The molecule has 2 aromatic carbocycles. The molecule has 0 fully saturated rings. The lowest BCUT2D eigenvalue weighted by Crippen LogP contribution is -2.17. The number of rotatable bonds is 3. The lowest BCUT2D eigenvalue weighted by atomic mass is 9.90. The maximum Gasteiger partial charge on any atom is 0.0599 e. The van der Waals surface area contributed by atoms with Gasteiger partial charge in [-0.2, -0.15) is 0 Å². The molecule has 1 heteroatoms. The fourth-order valence-corrected chi connectivity index (χ4v) is 2.74. The molecule has 1 unspecified atom stereocenters. The van der Waals surface area contributed by atoms with Crippen molar-refractivity contribution in [1.82, 2.24) is 0 Å². The van der Waals surface area contributed by atoms with Crippen molar-refractivity contribution >= 4 is 5.71 Å². The Labute approximate surface area is 127 Å². The smallest absolute Gasteiger partial charge is 0.0599 e. The molecule has 0 N–H and O–H groups in total. The van der Waals surface area contributed by atoms with Crippen LogP contribution >= 0.6 is 0 Å². The Morgan fingerprint density at radius 3 is 2.33 bits per heavy atom. The topological polar surface area (TPSA) is 12.4 Å². The van der Waals surface area contributed by atoms with Gasteiger partial charge >= 0.3 is 0 Å². The van der Waals surface area contributed by atoms with Crippen LogP contribution in [0, 0.1) is 5.92 Å². The van der Waals surface area contributed by atoms with Gasteiger partial charge in [0.05, 0.1) is 6.54 Å². The van der Waals surface area contributed by atoms with Gasteiger partial charge in [0.25, 0.3) is 0 Å². The van der Waals surface area contributed by atoms with Crippen LogP contribution in [0.2, 0.25) is 0 Å². The molecule has 0 aromatic heterocycles. The van der Waals surface area contributed by atoms with Crippen LogP contribution in [0.5, 0.6) is 0 Å². The molecule has 1 aliphatic heterocycles. The minimum absolute atomic E-state index is 0.570. The van der Waals surface area contributed by atoms with E-state index in [4.69, 9.17) is 0 Å². The summed E-state index contributed by atoms with van der Waals surface area (Å²) in [7, 11) is 0. The van der Waals surface area contributed by atoms with Crippen molar-refractivity contribution in [3.8, 4) is 11.1 Å². The summed E-state index contributed by atoms with van der Waals surface area (Å²) in [5.74, 6) is 0.570. The van der Waals surface area contributed by atoms with Crippen molar-refractivity contribution in [3.05, 3.63) is 72.3 Å².